The summed E-state index contributed by atoms with van der Waals surface area (Å²) in [4.78, 5) is 19.3. The van der Waals surface area contributed by atoms with Gasteiger partial charge in [-0.05, 0) is 12.1 Å². The second-order valence-corrected chi connectivity index (χ2v) is 3.60. The van der Waals surface area contributed by atoms with Crippen molar-refractivity contribution in [3.63, 3.8) is 0 Å². The maximum Gasteiger partial charge on any atom is 0.267 e. The molecule has 1 aromatic heterocycles. The molecule has 1 aromatic carbocycles. The van der Waals surface area contributed by atoms with E-state index in [0.717, 1.165) is 10.9 Å². The molecule has 0 spiro atoms. The number of aromatic nitrogens is 1. The number of hydrogen-bond donors (Lipinski definition) is 1. The molecule has 0 saturated heterocycles. The van der Waals surface area contributed by atoms with Crippen LogP contribution in [0.1, 0.15) is 5.69 Å². The molecule has 78 valence electrons. The predicted octanol–water partition coefficient (Wildman–Crippen LogP) is 1.11. The molecular formula is C12H9N3O. The zero-order valence-corrected chi connectivity index (χ0v) is 8.47. The Morgan fingerprint density at radius 1 is 1.12 bits per heavy atom. The number of aliphatic imine (C=N–C) groups is 1. The summed E-state index contributed by atoms with van der Waals surface area (Å²) in [5.41, 5.74) is 1.62. The largest absolute Gasteiger partial charge is 0.359 e. The van der Waals surface area contributed by atoms with Gasteiger partial charge in [0.15, 0.2) is 5.84 Å². The standard InChI is InChI=1S/C12H9N3O/c16-11-7-13-12(15-11)10-6-5-8-3-1-2-4-9(8)14-10/h1-6H,7H2,(H,13,15,16). The highest BCUT2D eigenvalue weighted by molar-refractivity contribution is 6.10. The fraction of sp³-hybridized carbons (Fsp3) is 0.0833. The van der Waals surface area contributed by atoms with Crippen molar-refractivity contribution >= 4 is 22.6 Å². The number of benzene rings is 1. The molecule has 0 aliphatic carbocycles. The van der Waals surface area contributed by atoms with Gasteiger partial charge in [-0.3, -0.25) is 4.79 Å². The van der Waals surface area contributed by atoms with Crippen LogP contribution in [-0.4, -0.2) is 23.3 Å². The van der Waals surface area contributed by atoms with Crippen LogP contribution in [0.15, 0.2) is 41.4 Å². The number of nitrogens with zero attached hydrogens (tertiary/aromatic N) is 2. The lowest BCUT2D eigenvalue weighted by atomic mass is 10.2. The van der Waals surface area contributed by atoms with E-state index in [1.54, 1.807) is 0 Å². The minimum atomic E-state index is -0.148. The molecule has 0 atom stereocenters. The van der Waals surface area contributed by atoms with E-state index < -0.39 is 0 Å². The van der Waals surface area contributed by atoms with E-state index in [4.69, 9.17) is 0 Å². The summed E-state index contributed by atoms with van der Waals surface area (Å²) in [6.45, 7) is 0.268. The molecule has 2 heterocycles. The summed E-state index contributed by atoms with van der Waals surface area (Å²) in [5, 5.41) is 4.01. The highest BCUT2D eigenvalue weighted by Crippen LogP contribution is 2.12. The smallest absolute Gasteiger partial charge is 0.267 e. The van der Waals surface area contributed by atoms with Crippen LogP contribution in [0.2, 0.25) is 0 Å². The summed E-state index contributed by atoms with van der Waals surface area (Å²) in [6.07, 6.45) is 0. The fourth-order valence-electron chi connectivity index (χ4n) is 1.71. The van der Waals surface area contributed by atoms with Crippen LogP contribution in [0.25, 0.3) is 10.9 Å². The number of pyridine rings is 1. The van der Waals surface area contributed by atoms with Crippen molar-refractivity contribution in [1.29, 1.82) is 0 Å². The van der Waals surface area contributed by atoms with Crippen molar-refractivity contribution in [1.82, 2.24) is 10.3 Å². The monoisotopic (exact) mass is 211 g/mol. The van der Waals surface area contributed by atoms with Crippen LogP contribution in [0, 0.1) is 0 Å². The lowest BCUT2D eigenvalue weighted by molar-refractivity contribution is -0.116. The number of fused-ring (bicyclic) bond motifs is 1. The van der Waals surface area contributed by atoms with Gasteiger partial charge < -0.3 is 5.32 Å². The second kappa shape index (κ2) is 3.41. The number of nitrogens with one attached hydrogen (secondary N) is 1. The summed E-state index contributed by atoms with van der Waals surface area (Å²) in [5.74, 6) is 0.417. The van der Waals surface area contributed by atoms with Gasteiger partial charge in [-0.15, -0.1) is 0 Å². The molecule has 0 unspecified atom stereocenters. The quantitative estimate of drug-likeness (QED) is 0.768. The number of para-hydroxylation sites is 1. The van der Waals surface area contributed by atoms with E-state index in [1.807, 2.05) is 36.4 Å². The van der Waals surface area contributed by atoms with Crippen molar-refractivity contribution in [3.05, 3.63) is 42.1 Å². The molecule has 1 amide bonds. The van der Waals surface area contributed by atoms with Crippen LogP contribution in [0.4, 0.5) is 0 Å². The molecule has 0 radical (unpaired) electrons. The van der Waals surface area contributed by atoms with Crippen LogP contribution in [0.5, 0.6) is 0 Å². The first kappa shape index (κ1) is 9.03. The van der Waals surface area contributed by atoms with Gasteiger partial charge >= 0.3 is 0 Å². The van der Waals surface area contributed by atoms with E-state index in [1.165, 1.54) is 0 Å². The van der Waals surface area contributed by atoms with Gasteiger partial charge in [-0.1, -0.05) is 24.3 Å². The number of carbonyl (C=O) groups excluding carboxylic acids is 1. The Morgan fingerprint density at radius 3 is 2.81 bits per heavy atom. The average molecular weight is 211 g/mol. The van der Waals surface area contributed by atoms with Crippen LogP contribution < -0.4 is 5.32 Å². The van der Waals surface area contributed by atoms with Crippen molar-refractivity contribution in [2.45, 2.75) is 0 Å². The van der Waals surface area contributed by atoms with Gasteiger partial charge in [0.25, 0.3) is 5.91 Å². The minimum Gasteiger partial charge on any atom is -0.359 e. The molecule has 2 aromatic rings. The maximum atomic E-state index is 11.0. The van der Waals surface area contributed by atoms with Gasteiger partial charge in [0, 0.05) is 5.39 Å². The third-order valence-corrected chi connectivity index (χ3v) is 2.48. The number of amidine groups is 1. The predicted molar refractivity (Wildman–Crippen MR) is 61.3 cm³/mol. The van der Waals surface area contributed by atoms with E-state index in [-0.39, 0.29) is 12.5 Å². The van der Waals surface area contributed by atoms with E-state index in [9.17, 15) is 4.79 Å². The summed E-state index contributed by atoms with van der Waals surface area (Å²) in [6, 6.07) is 11.7. The first-order valence-corrected chi connectivity index (χ1v) is 5.04. The lowest BCUT2D eigenvalue weighted by Gasteiger charge is -2.02. The Labute approximate surface area is 92.0 Å². The lowest BCUT2D eigenvalue weighted by Crippen LogP contribution is -2.21. The van der Waals surface area contributed by atoms with Gasteiger partial charge in [-0.2, -0.15) is 4.99 Å². The SMILES string of the molecule is O=C1CNC(c2ccc3ccccc3n2)=N1. The normalized spacial score (nSPS) is 15.0. The molecule has 4 nitrogen and oxygen atoms in total. The fourth-order valence-corrected chi connectivity index (χ4v) is 1.71. The van der Waals surface area contributed by atoms with Gasteiger partial charge in [0.05, 0.1) is 12.1 Å². The first-order valence-electron chi connectivity index (χ1n) is 5.04. The number of hydrogen-bond acceptors (Lipinski definition) is 3. The van der Waals surface area contributed by atoms with Crippen molar-refractivity contribution < 1.29 is 4.79 Å². The molecule has 0 bridgehead atoms. The Morgan fingerprint density at radius 2 is 2.00 bits per heavy atom. The van der Waals surface area contributed by atoms with Gasteiger partial charge in [0.2, 0.25) is 0 Å². The molecule has 16 heavy (non-hydrogen) atoms. The molecule has 1 aliphatic rings. The molecule has 1 aliphatic heterocycles. The maximum absolute atomic E-state index is 11.0. The zero-order chi connectivity index (χ0) is 11.0. The summed E-state index contributed by atoms with van der Waals surface area (Å²) in [7, 11) is 0. The van der Waals surface area contributed by atoms with E-state index in [0.29, 0.717) is 11.5 Å². The van der Waals surface area contributed by atoms with Crippen LogP contribution in [0.3, 0.4) is 0 Å². The molecule has 3 rings (SSSR count). The van der Waals surface area contributed by atoms with Crippen LogP contribution in [-0.2, 0) is 4.79 Å². The van der Waals surface area contributed by atoms with Crippen molar-refractivity contribution in [2.75, 3.05) is 6.54 Å². The second-order valence-electron chi connectivity index (χ2n) is 3.60. The molecule has 0 fully saturated rings. The Hall–Kier alpha value is -2.23. The van der Waals surface area contributed by atoms with E-state index in [2.05, 4.69) is 15.3 Å². The highest BCUT2D eigenvalue weighted by Gasteiger charge is 2.15. The molecule has 0 saturated carbocycles. The Kier molecular flexibility index (Phi) is 1.93. The number of rotatable bonds is 1. The van der Waals surface area contributed by atoms with Crippen LogP contribution >= 0.6 is 0 Å². The topological polar surface area (TPSA) is 54.4 Å². The summed E-state index contributed by atoms with van der Waals surface area (Å²) >= 11 is 0. The number of carbonyl (C=O) groups is 1. The van der Waals surface area contributed by atoms with Crippen molar-refractivity contribution in [3.8, 4) is 0 Å². The van der Waals surface area contributed by atoms with Crippen molar-refractivity contribution in [2.24, 2.45) is 4.99 Å². The van der Waals surface area contributed by atoms with Gasteiger partial charge in [0.1, 0.15) is 5.69 Å². The molecule has 1 N–H and O–H groups in total. The molecule has 4 heteroatoms. The minimum absolute atomic E-state index is 0.148. The highest BCUT2D eigenvalue weighted by atomic mass is 16.1. The molecular weight excluding hydrogens is 202 g/mol. The average Bonchev–Trinajstić information content (AvgIpc) is 2.75. The number of amides is 1. The van der Waals surface area contributed by atoms with E-state index >= 15 is 0 Å². The summed E-state index contributed by atoms with van der Waals surface area (Å²) < 4.78 is 0. The Balaban J connectivity index is 2.12. The first-order chi connectivity index (χ1) is 7.83. The third kappa shape index (κ3) is 1.44. The van der Waals surface area contributed by atoms with Gasteiger partial charge in [-0.25, -0.2) is 4.98 Å². The third-order valence-electron chi connectivity index (χ3n) is 2.48. The zero-order valence-electron chi connectivity index (χ0n) is 8.47. The Bertz CT molecular complexity index is 604.